The number of carbonyl (C=O) groups is 7. The summed E-state index contributed by atoms with van der Waals surface area (Å²) in [5.74, 6) is -8.41. The van der Waals surface area contributed by atoms with Crippen LogP contribution in [0.2, 0.25) is 0 Å². The average molecular weight is 835 g/mol. The van der Waals surface area contributed by atoms with E-state index in [-0.39, 0.29) is 50.8 Å². The quantitative estimate of drug-likeness (QED) is 0.0367. The Kier molecular flexibility index (Phi) is 12.2. The number of ether oxygens (including phenoxy) is 2. The van der Waals surface area contributed by atoms with Gasteiger partial charge in [-0.1, -0.05) is 23.0 Å². The van der Waals surface area contributed by atoms with Gasteiger partial charge in [0.15, 0.2) is 22.3 Å². The molecular formula is C32H30N6O13S4. The Hall–Kier alpha value is -5.52. The van der Waals surface area contributed by atoms with Crippen LogP contribution in [-0.2, 0) is 38.4 Å². The highest BCUT2D eigenvalue weighted by Crippen LogP contribution is 2.42. The fourth-order valence-corrected chi connectivity index (χ4v) is 8.93. The van der Waals surface area contributed by atoms with Gasteiger partial charge in [0.05, 0.1) is 5.69 Å². The van der Waals surface area contributed by atoms with Crippen molar-refractivity contribution in [2.75, 3.05) is 17.2 Å². The van der Waals surface area contributed by atoms with E-state index in [1.54, 1.807) is 0 Å². The summed E-state index contributed by atoms with van der Waals surface area (Å²) in [6.07, 6.45) is 0. The maximum atomic E-state index is 13.4. The van der Waals surface area contributed by atoms with E-state index in [1.165, 1.54) is 54.6 Å². The minimum Gasteiger partial charge on any atom is -0.480 e. The Morgan fingerprint density at radius 3 is 2.35 bits per heavy atom. The molecule has 6 N–H and O–H groups in total. The molecule has 1 unspecified atom stereocenters. The monoisotopic (exact) mass is 834 g/mol. The molecule has 1 saturated heterocycles. The number of hydrogen-bond donors (Lipinski definition) is 5. The molecule has 3 aromatic rings. The SMILES string of the molecule is CC(=O)Oc1ccc(C(C(=O)O)c2csc(SCC3=C(C(=O)O)N4C(=O)[C@@H](NC(=O)C(=NOC(C)(C)C(=O)O)c5csc(N)n5)[C@@H]4SC3)n2)cc1OC(C)=O. The minimum atomic E-state index is -1.82. The predicted octanol–water partition coefficient (Wildman–Crippen LogP) is 2.36. The highest BCUT2D eigenvalue weighted by molar-refractivity contribution is 8.01. The summed E-state index contributed by atoms with van der Waals surface area (Å²) >= 11 is 4.42. The Morgan fingerprint density at radius 1 is 1.05 bits per heavy atom. The maximum Gasteiger partial charge on any atom is 0.352 e. The van der Waals surface area contributed by atoms with Crippen molar-refractivity contribution in [3.05, 3.63) is 57.2 Å². The first-order valence-electron chi connectivity index (χ1n) is 15.6. The standard InChI is InChI=1S/C32H30N6O13S4/c1-12(39)49-18-6-5-14(7-19(18)50-13(2)40)20(27(43)44)16-10-55-31(35-16)54-9-15-8-52-26-22(25(42)38(26)23(15)28(45)46)36-24(41)21(17-11-53-30(33)34-17)37-51-32(3,4)29(47)48/h5-7,10-11,20,22,26H,8-9H2,1-4H3,(H2,33,34)(H,36,41)(H,43,44)(H,45,46)(H,47,48)/t20?,22-,26+/m1/s1. The number of nitrogens with zero attached hydrogens (tertiary/aromatic N) is 4. The van der Waals surface area contributed by atoms with E-state index in [1.807, 2.05) is 0 Å². The lowest BCUT2D eigenvalue weighted by atomic mass is 9.96. The van der Waals surface area contributed by atoms with Crippen LogP contribution in [0.1, 0.15) is 50.6 Å². The zero-order valence-corrected chi connectivity index (χ0v) is 32.2. The first-order chi connectivity index (χ1) is 25.9. The second-order valence-corrected chi connectivity index (χ2v) is 16.1. The molecule has 55 heavy (non-hydrogen) atoms. The van der Waals surface area contributed by atoms with Crippen LogP contribution in [-0.4, -0.2) is 106 Å². The van der Waals surface area contributed by atoms with Crippen LogP contribution in [0.4, 0.5) is 5.13 Å². The van der Waals surface area contributed by atoms with Gasteiger partial charge in [-0.15, -0.1) is 34.4 Å². The van der Waals surface area contributed by atoms with E-state index in [2.05, 4.69) is 20.4 Å². The zero-order valence-electron chi connectivity index (χ0n) is 29.0. The molecule has 2 aliphatic rings. The number of nitrogens with two attached hydrogens (primary N) is 1. The minimum absolute atomic E-state index is 0.0320. The molecule has 2 aliphatic heterocycles. The number of carboxylic acids is 3. The van der Waals surface area contributed by atoms with Gasteiger partial charge in [0, 0.05) is 36.1 Å². The van der Waals surface area contributed by atoms with Gasteiger partial charge in [-0.2, -0.15) is 0 Å². The highest BCUT2D eigenvalue weighted by Gasteiger charge is 2.54. The molecule has 23 heteroatoms. The number of thioether (sulfide) groups is 2. The van der Waals surface area contributed by atoms with E-state index in [0.717, 1.165) is 53.2 Å². The molecule has 0 aliphatic carbocycles. The summed E-state index contributed by atoms with van der Waals surface area (Å²) in [4.78, 5) is 101. The van der Waals surface area contributed by atoms with Gasteiger partial charge in [-0.25, -0.2) is 19.6 Å². The van der Waals surface area contributed by atoms with Crippen molar-refractivity contribution < 1.29 is 63.2 Å². The number of thiazole rings is 2. The summed E-state index contributed by atoms with van der Waals surface area (Å²) in [5, 5.41) is 38.1. The number of benzene rings is 1. The lowest BCUT2D eigenvalue weighted by molar-refractivity contribution is -0.161. The molecule has 5 rings (SSSR count). The Bertz CT molecular complexity index is 2160. The molecule has 1 aromatic carbocycles. The van der Waals surface area contributed by atoms with Gasteiger partial charge in [0.2, 0.25) is 5.60 Å². The number of aliphatic carboxylic acids is 3. The highest BCUT2D eigenvalue weighted by atomic mass is 32.2. The number of amides is 2. The summed E-state index contributed by atoms with van der Waals surface area (Å²) in [7, 11) is 0. The zero-order chi connectivity index (χ0) is 40.4. The first-order valence-corrected chi connectivity index (χ1v) is 19.4. The fraction of sp³-hybridized carbons (Fsp3) is 0.312. The van der Waals surface area contributed by atoms with Crippen molar-refractivity contribution in [3.63, 3.8) is 0 Å². The van der Waals surface area contributed by atoms with Crippen molar-refractivity contribution in [3.8, 4) is 11.5 Å². The number of fused-ring (bicyclic) bond motifs is 1. The number of aromatic nitrogens is 2. The molecular weight excluding hydrogens is 805 g/mol. The van der Waals surface area contributed by atoms with E-state index in [4.69, 9.17) is 20.0 Å². The van der Waals surface area contributed by atoms with Gasteiger partial charge >= 0.3 is 29.8 Å². The summed E-state index contributed by atoms with van der Waals surface area (Å²) in [5.41, 5.74) is 3.82. The van der Waals surface area contributed by atoms with Crippen molar-refractivity contribution in [2.45, 2.75) is 55.0 Å². The van der Waals surface area contributed by atoms with Crippen molar-refractivity contribution in [1.29, 1.82) is 0 Å². The van der Waals surface area contributed by atoms with Crippen LogP contribution in [0.3, 0.4) is 0 Å². The normalized spacial score (nSPS) is 17.4. The Labute approximate surface area is 326 Å². The molecule has 1 fully saturated rings. The Morgan fingerprint density at radius 2 is 1.75 bits per heavy atom. The maximum absolute atomic E-state index is 13.4. The third kappa shape index (κ3) is 9.07. The number of β-lactam (4-membered cyclic amide) rings is 1. The second kappa shape index (κ2) is 16.5. The number of carboxylic acid groups (broad SMARTS) is 3. The summed E-state index contributed by atoms with van der Waals surface area (Å²) in [6.45, 7) is 4.71. The first kappa shape index (κ1) is 40.7. The van der Waals surface area contributed by atoms with E-state index < -0.39 is 70.3 Å². The van der Waals surface area contributed by atoms with Crippen LogP contribution in [0.5, 0.6) is 11.5 Å². The molecule has 4 heterocycles. The molecule has 19 nitrogen and oxygen atoms in total. The molecule has 0 spiro atoms. The van der Waals surface area contributed by atoms with Crippen LogP contribution >= 0.6 is 46.2 Å². The third-order valence-corrected chi connectivity index (χ3v) is 11.8. The molecule has 3 atom stereocenters. The lowest BCUT2D eigenvalue weighted by Crippen LogP contribution is -2.71. The third-order valence-electron chi connectivity index (χ3n) is 7.62. The molecule has 0 saturated carbocycles. The number of carbonyl (C=O) groups excluding carboxylic acids is 4. The number of oxime groups is 1. The Balaban J connectivity index is 1.31. The van der Waals surface area contributed by atoms with Gasteiger partial charge in [0.1, 0.15) is 33.1 Å². The predicted molar refractivity (Wildman–Crippen MR) is 197 cm³/mol. The number of esters is 2. The molecule has 290 valence electrons. The number of nitrogens with one attached hydrogen (secondary N) is 1. The topological polar surface area (TPSA) is 287 Å². The molecule has 0 radical (unpaired) electrons. The molecule has 2 aromatic heterocycles. The number of rotatable bonds is 15. The van der Waals surface area contributed by atoms with Crippen molar-refractivity contribution in [2.24, 2.45) is 5.16 Å². The van der Waals surface area contributed by atoms with E-state index in [9.17, 15) is 48.9 Å². The van der Waals surface area contributed by atoms with Crippen LogP contribution in [0.25, 0.3) is 0 Å². The van der Waals surface area contributed by atoms with Crippen molar-refractivity contribution >= 4 is 98.7 Å². The van der Waals surface area contributed by atoms with Crippen LogP contribution < -0.4 is 20.5 Å². The van der Waals surface area contributed by atoms with Crippen molar-refractivity contribution in [1.82, 2.24) is 20.2 Å². The van der Waals surface area contributed by atoms with Gasteiger partial charge in [-0.05, 0) is 37.1 Å². The summed E-state index contributed by atoms with van der Waals surface area (Å²) in [6, 6.07) is 2.79. The van der Waals surface area contributed by atoms with E-state index in [0.29, 0.717) is 9.91 Å². The van der Waals surface area contributed by atoms with Crippen LogP contribution in [0, 0.1) is 0 Å². The van der Waals surface area contributed by atoms with Gasteiger partial charge < -0.3 is 40.7 Å². The number of anilines is 1. The average Bonchev–Trinajstić information content (AvgIpc) is 3.75. The smallest absolute Gasteiger partial charge is 0.352 e. The molecule has 2 amide bonds. The van der Waals surface area contributed by atoms with E-state index >= 15 is 0 Å². The fourth-order valence-electron chi connectivity index (χ4n) is 5.04. The van der Waals surface area contributed by atoms with Gasteiger partial charge in [0.25, 0.3) is 11.8 Å². The largest absolute Gasteiger partial charge is 0.480 e. The number of hydrogen-bond acceptors (Lipinski definition) is 18. The lowest BCUT2D eigenvalue weighted by Gasteiger charge is -2.49. The second-order valence-electron chi connectivity index (χ2n) is 12.0. The van der Waals surface area contributed by atoms with Gasteiger partial charge in [-0.3, -0.25) is 28.9 Å². The molecule has 0 bridgehead atoms. The van der Waals surface area contributed by atoms with Crippen LogP contribution in [0.15, 0.2) is 49.7 Å². The number of nitrogen functional groups attached to an aromatic ring is 1. The summed E-state index contributed by atoms with van der Waals surface area (Å²) < 4.78 is 10.6.